The van der Waals surface area contributed by atoms with E-state index in [0.717, 1.165) is 30.6 Å². The van der Waals surface area contributed by atoms with Gasteiger partial charge >= 0.3 is 0 Å². The summed E-state index contributed by atoms with van der Waals surface area (Å²) in [4.78, 5) is 60.5. The number of rotatable bonds is 15. The molecule has 32 heavy (non-hydrogen) atoms. The van der Waals surface area contributed by atoms with Crippen molar-refractivity contribution in [1.82, 2.24) is 10.2 Å². The molecule has 0 bridgehead atoms. The molecule has 0 radical (unpaired) electrons. The highest BCUT2D eigenvalue weighted by Gasteiger charge is 2.29. The molecule has 0 saturated carbocycles. The highest BCUT2D eigenvalue weighted by Crippen LogP contribution is 2.28. The number of carbonyl (C=O) groups is 5. The topological polar surface area (TPSA) is 101 Å². The van der Waals surface area contributed by atoms with Gasteiger partial charge in [0.1, 0.15) is 11.6 Å². The summed E-state index contributed by atoms with van der Waals surface area (Å²) in [7, 11) is 0. The monoisotopic (exact) mass is 448 g/mol. The van der Waals surface area contributed by atoms with Crippen molar-refractivity contribution < 1.29 is 24.0 Å². The van der Waals surface area contributed by atoms with Crippen LogP contribution in [-0.2, 0) is 24.0 Å². The molecule has 1 atom stereocenters. The van der Waals surface area contributed by atoms with Crippen LogP contribution in [0.4, 0.5) is 0 Å². The molecule has 1 heterocycles. The van der Waals surface area contributed by atoms with E-state index in [4.69, 9.17) is 0 Å². The van der Waals surface area contributed by atoms with Crippen molar-refractivity contribution in [1.29, 1.82) is 0 Å². The maximum absolute atomic E-state index is 12.7. The number of unbranched alkanes of at least 4 members (excludes halogenated alkanes) is 1. The second kappa shape index (κ2) is 13.3. The number of hydrogen-bond acceptors (Lipinski definition) is 5. The highest BCUT2D eigenvalue weighted by molar-refractivity contribution is 6.13. The standard InChI is InChI=1S/C25H40N2O5/c1-18(2)17-19(24(32)25(3,4)5)9-6-7-15-26-21(29)11-8-10-20(28)14-16-27-22(30)12-13-23(27)31/h12-13,18-19H,6-11,14-17H2,1-5H3,(H,26,29). The Kier molecular flexibility index (Phi) is 11.5. The molecule has 3 amide bonds. The smallest absolute Gasteiger partial charge is 0.253 e. The molecule has 180 valence electrons. The van der Waals surface area contributed by atoms with E-state index in [-0.39, 0.29) is 60.6 Å². The van der Waals surface area contributed by atoms with Gasteiger partial charge in [-0.05, 0) is 31.6 Å². The summed E-state index contributed by atoms with van der Waals surface area (Å²) in [6.45, 7) is 10.8. The Morgan fingerprint density at radius 3 is 2.12 bits per heavy atom. The van der Waals surface area contributed by atoms with E-state index in [9.17, 15) is 24.0 Å². The molecule has 1 N–H and O–H groups in total. The Labute approximate surface area is 192 Å². The maximum Gasteiger partial charge on any atom is 0.253 e. The molecular weight excluding hydrogens is 408 g/mol. The van der Waals surface area contributed by atoms with Gasteiger partial charge in [0.25, 0.3) is 11.8 Å². The minimum atomic E-state index is -0.388. The first-order chi connectivity index (χ1) is 14.9. The number of amides is 3. The zero-order valence-corrected chi connectivity index (χ0v) is 20.4. The van der Waals surface area contributed by atoms with Crippen LogP contribution in [0.25, 0.3) is 0 Å². The lowest BCUT2D eigenvalue weighted by atomic mass is 9.77. The zero-order chi connectivity index (χ0) is 24.3. The molecule has 0 fully saturated rings. The third-order valence-electron chi connectivity index (χ3n) is 5.54. The Hall–Kier alpha value is -2.31. The first-order valence-electron chi connectivity index (χ1n) is 11.8. The summed E-state index contributed by atoms with van der Waals surface area (Å²) < 4.78 is 0. The lowest BCUT2D eigenvalue weighted by Gasteiger charge is -2.26. The van der Waals surface area contributed by atoms with Crippen molar-refractivity contribution in [2.24, 2.45) is 17.3 Å². The normalized spacial score (nSPS) is 14.9. The molecule has 0 spiro atoms. The van der Waals surface area contributed by atoms with Gasteiger partial charge in [0.2, 0.25) is 5.91 Å². The largest absolute Gasteiger partial charge is 0.356 e. The van der Waals surface area contributed by atoms with E-state index in [1.54, 1.807) is 0 Å². The number of nitrogens with one attached hydrogen (secondary N) is 1. The van der Waals surface area contributed by atoms with E-state index in [0.29, 0.717) is 24.7 Å². The molecule has 1 unspecified atom stereocenters. The minimum Gasteiger partial charge on any atom is -0.356 e. The molecule has 7 heteroatoms. The summed E-state index contributed by atoms with van der Waals surface area (Å²) in [5.74, 6) is -0.0719. The minimum absolute atomic E-state index is 0.0648. The van der Waals surface area contributed by atoms with Gasteiger partial charge < -0.3 is 5.32 Å². The summed E-state index contributed by atoms with van der Waals surface area (Å²) in [6.07, 6.45) is 6.93. The molecule has 0 aromatic carbocycles. The summed E-state index contributed by atoms with van der Waals surface area (Å²) >= 11 is 0. The predicted molar refractivity (Wildman–Crippen MR) is 124 cm³/mol. The molecule has 7 nitrogen and oxygen atoms in total. The van der Waals surface area contributed by atoms with Gasteiger partial charge in [-0.3, -0.25) is 28.9 Å². The van der Waals surface area contributed by atoms with Gasteiger partial charge in [-0.25, -0.2) is 0 Å². The van der Waals surface area contributed by atoms with Crippen molar-refractivity contribution in [3.05, 3.63) is 12.2 Å². The fourth-order valence-corrected chi connectivity index (χ4v) is 3.83. The van der Waals surface area contributed by atoms with Gasteiger partial charge in [-0.1, -0.05) is 41.0 Å². The molecule has 0 aliphatic carbocycles. The van der Waals surface area contributed by atoms with Crippen LogP contribution in [0.2, 0.25) is 0 Å². The van der Waals surface area contributed by atoms with E-state index in [1.165, 1.54) is 12.2 Å². The van der Waals surface area contributed by atoms with E-state index < -0.39 is 0 Å². The van der Waals surface area contributed by atoms with Crippen LogP contribution in [0.5, 0.6) is 0 Å². The molecule has 0 aromatic heterocycles. The number of nitrogens with zero attached hydrogens (tertiary/aromatic N) is 1. The first-order valence-corrected chi connectivity index (χ1v) is 11.8. The summed E-state index contributed by atoms with van der Waals surface area (Å²) in [5, 5.41) is 2.88. The first kappa shape index (κ1) is 27.7. The van der Waals surface area contributed by atoms with Crippen LogP contribution in [0.1, 0.15) is 86.0 Å². The van der Waals surface area contributed by atoms with Crippen molar-refractivity contribution in [2.45, 2.75) is 86.0 Å². The van der Waals surface area contributed by atoms with Crippen LogP contribution < -0.4 is 5.32 Å². The van der Waals surface area contributed by atoms with E-state index >= 15 is 0 Å². The van der Waals surface area contributed by atoms with Gasteiger partial charge in [-0.15, -0.1) is 0 Å². The average molecular weight is 449 g/mol. The Balaban J connectivity index is 2.17. The van der Waals surface area contributed by atoms with E-state index in [1.807, 2.05) is 20.8 Å². The van der Waals surface area contributed by atoms with Crippen molar-refractivity contribution in [2.75, 3.05) is 13.1 Å². The number of ketones is 2. The molecule has 0 saturated heterocycles. The third-order valence-corrected chi connectivity index (χ3v) is 5.54. The summed E-state index contributed by atoms with van der Waals surface area (Å²) in [6, 6.07) is 0. The third kappa shape index (κ3) is 10.3. The van der Waals surface area contributed by atoms with E-state index in [2.05, 4.69) is 19.2 Å². The van der Waals surface area contributed by atoms with Gasteiger partial charge in [0, 0.05) is 55.8 Å². The van der Waals surface area contributed by atoms with Gasteiger partial charge in [-0.2, -0.15) is 0 Å². The molecule has 1 aliphatic heterocycles. The zero-order valence-electron chi connectivity index (χ0n) is 20.4. The Bertz CT molecular complexity index is 700. The average Bonchev–Trinajstić information content (AvgIpc) is 3.01. The Morgan fingerprint density at radius 2 is 1.56 bits per heavy atom. The number of hydrogen-bond donors (Lipinski definition) is 1. The van der Waals surface area contributed by atoms with Crippen molar-refractivity contribution in [3.8, 4) is 0 Å². The number of imide groups is 1. The number of Topliss-reactive ketones (excluding diaryl/α,β-unsaturated/α-hetero) is 2. The fourth-order valence-electron chi connectivity index (χ4n) is 3.83. The van der Waals surface area contributed by atoms with Crippen LogP contribution in [0.3, 0.4) is 0 Å². The van der Waals surface area contributed by atoms with Gasteiger partial charge in [0.15, 0.2) is 0 Å². The molecule has 1 rings (SSSR count). The molecule has 0 aromatic rings. The lowest BCUT2D eigenvalue weighted by molar-refractivity contribution is -0.137. The van der Waals surface area contributed by atoms with Crippen LogP contribution >= 0.6 is 0 Å². The molecular formula is C25H40N2O5. The molecule has 1 aliphatic rings. The lowest BCUT2D eigenvalue weighted by Crippen LogP contribution is -2.32. The maximum atomic E-state index is 12.7. The number of carbonyl (C=O) groups excluding carboxylic acids is 5. The quantitative estimate of drug-likeness (QED) is 0.305. The van der Waals surface area contributed by atoms with Gasteiger partial charge in [0.05, 0.1) is 0 Å². The van der Waals surface area contributed by atoms with Crippen molar-refractivity contribution >= 4 is 29.3 Å². The SMILES string of the molecule is CC(C)CC(CCCCNC(=O)CCCC(=O)CCN1C(=O)C=CC1=O)C(=O)C(C)(C)C. The Morgan fingerprint density at radius 1 is 0.938 bits per heavy atom. The second-order valence-electron chi connectivity index (χ2n) is 10.1. The predicted octanol–water partition coefficient (Wildman–Crippen LogP) is 3.60. The van der Waals surface area contributed by atoms with Crippen LogP contribution in [0.15, 0.2) is 12.2 Å². The van der Waals surface area contributed by atoms with Crippen LogP contribution in [-0.4, -0.2) is 47.3 Å². The second-order valence-corrected chi connectivity index (χ2v) is 10.1. The van der Waals surface area contributed by atoms with Crippen molar-refractivity contribution in [3.63, 3.8) is 0 Å². The van der Waals surface area contributed by atoms with Crippen LogP contribution in [0, 0.1) is 17.3 Å². The fraction of sp³-hybridized carbons (Fsp3) is 0.720. The summed E-state index contributed by atoms with van der Waals surface area (Å²) in [5.41, 5.74) is -0.332. The highest BCUT2D eigenvalue weighted by atomic mass is 16.2.